The van der Waals surface area contributed by atoms with Crippen molar-refractivity contribution in [3.05, 3.63) is 82.8 Å². The summed E-state index contributed by atoms with van der Waals surface area (Å²) in [5.41, 5.74) is 2.01. The molecule has 5 nitrogen and oxygen atoms in total. The van der Waals surface area contributed by atoms with Crippen molar-refractivity contribution in [3.63, 3.8) is 0 Å². The number of furan rings is 1. The van der Waals surface area contributed by atoms with E-state index in [0.717, 1.165) is 29.1 Å². The fourth-order valence-electron chi connectivity index (χ4n) is 3.29. The number of para-hydroxylation sites is 1. The topological polar surface area (TPSA) is 55.1 Å². The van der Waals surface area contributed by atoms with E-state index in [1.807, 2.05) is 49.4 Å². The van der Waals surface area contributed by atoms with Crippen molar-refractivity contribution in [2.45, 2.75) is 39.5 Å². The predicted molar refractivity (Wildman–Crippen MR) is 123 cm³/mol. The van der Waals surface area contributed by atoms with E-state index in [1.165, 1.54) is 0 Å². The largest absolute Gasteiger partial charge is 0.493 e. The molecule has 1 heterocycles. The molecule has 1 unspecified atom stereocenters. The lowest BCUT2D eigenvalue weighted by Crippen LogP contribution is -2.35. The maximum Gasteiger partial charge on any atom is 0.123 e. The van der Waals surface area contributed by atoms with Crippen LogP contribution >= 0.6 is 11.6 Å². The van der Waals surface area contributed by atoms with Gasteiger partial charge in [-0.25, -0.2) is 0 Å². The average Bonchev–Trinajstić information content (AvgIpc) is 3.27. The second-order valence-electron chi connectivity index (χ2n) is 7.58. The van der Waals surface area contributed by atoms with Gasteiger partial charge in [-0.2, -0.15) is 0 Å². The summed E-state index contributed by atoms with van der Waals surface area (Å²) in [6.07, 6.45) is 1.94. The van der Waals surface area contributed by atoms with Crippen LogP contribution in [0.4, 0.5) is 0 Å². The maximum atomic E-state index is 10.7. The van der Waals surface area contributed by atoms with Crippen LogP contribution in [0.15, 0.2) is 65.3 Å². The lowest BCUT2D eigenvalue weighted by atomic mass is 10.1. The molecule has 0 radical (unpaired) electrons. The number of ether oxygens (including phenoxy) is 2. The molecule has 0 aliphatic rings. The molecular formula is C25H30ClNO4. The van der Waals surface area contributed by atoms with Crippen LogP contribution in [-0.4, -0.2) is 35.9 Å². The zero-order valence-electron chi connectivity index (χ0n) is 18.1. The van der Waals surface area contributed by atoms with Gasteiger partial charge in [-0.15, -0.1) is 0 Å². The Morgan fingerprint density at radius 1 is 1.06 bits per heavy atom. The molecule has 0 saturated carbocycles. The number of benzene rings is 2. The first kappa shape index (κ1) is 23.2. The molecular weight excluding hydrogens is 414 g/mol. The molecule has 31 heavy (non-hydrogen) atoms. The van der Waals surface area contributed by atoms with E-state index in [0.29, 0.717) is 37.0 Å². The molecule has 1 N–H and O–H groups in total. The Kier molecular flexibility index (Phi) is 8.83. The molecule has 0 amide bonds. The number of aryl methyl sites for hydroxylation is 1. The highest BCUT2D eigenvalue weighted by Crippen LogP contribution is 2.23. The van der Waals surface area contributed by atoms with Gasteiger partial charge in [0.15, 0.2) is 0 Å². The Labute approximate surface area is 189 Å². The summed E-state index contributed by atoms with van der Waals surface area (Å²) < 4.78 is 17.2. The number of aliphatic hydroxyl groups excluding tert-OH is 1. The molecule has 0 spiro atoms. The molecule has 0 aliphatic heterocycles. The average molecular weight is 444 g/mol. The maximum absolute atomic E-state index is 10.7. The molecule has 1 atom stereocenters. The standard InChI is InChI=1S/C25H30ClNO4/c1-3-12-30-25-9-5-4-7-20(25)15-27(17-23-8-6-13-29-23)16-21(28)18-31-22-10-11-24(26)19(2)14-22/h4-11,13-14,21,28H,3,12,15-18H2,1-2H3. The lowest BCUT2D eigenvalue weighted by molar-refractivity contribution is 0.0601. The van der Waals surface area contributed by atoms with Gasteiger partial charge in [-0.3, -0.25) is 4.90 Å². The van der Waals surface area contributed by atoms with Crippen molar-refractivity contribution in [1.29, 1.82) is 0 Å². The van der Waals surface area contributed by atoms with Gasteiger partial charge in [0.2, 0.25) is 0 Å². The first-order chi connectivity index (χ1) is 15.0. The second-order valence-corrected chi connectivity index (χ2v) is 7.99. The third-order valence-electron chi connectivity index (χ3n) is 4.83. The SMILES string of the molecule is CCCOc1ccccc1CN(Cc1ccco1)CC(O)COc1ccc(Cl)c(C)c1. The van der Waals surface area contributed by atoms with Gasteiger partial charge in [0.1, 0.15) is 30.0 Å². The minimum atomic E-state index is -0.672. The summed E-state index contributed by atoms with van der Waals surface area (Å²) in [4.78, 5) is 2.13. The van der Waals surface area contributed by atoms with E-state index < -0.39 is 6.10 Å². The predicted octanol–water partition coefficient (Wildman–Crippen LogP) is 5.47. The Balaban J connectivity index is 1.65. The van der Waals surface area contributed by atoms with Crippen LogP contribution in [0, 0.1) is 6.92 Å². The highest BCUT2D eigenvalue weighted by Gasteiger charge is 2.17. The van der Waals surface area contributed by atoms with E-state index in [2.05, 4.69) is 17.9 Å². The molecule has 1 aromatic heterocycles. The van der Waals surface area contributed by atoms with E-state index in [4.69, 9.17) is 25.5 Å². The van der Waals surface area contributed by atoms with Crippen molar-refractivity contribution in [1.82, 2.24) is 4.90 Å². The van der Waals surface area contributed by atoms with Crippen molar-refractivity contribution >= 4 is 11.6 Å². The second kappa shape index (κ2) is 11.8. The summed E-state index contributed by atoms with van der Waals surface area (Å²) in [5.74, 6) is 2.40. The molecule has 0 aliphatic carbocycles. The molecule has 2 aromatic carbocycles. The van der Waals surface area contributed by atoms with Gasteiger partial charge in [0.05, 0.1) is 19.4 Å². The minimum absolute atomic E-state index is 0.184. The molecule has 166 valence electrons. The zero-order chi connectivity index (χ0) is 22.1. The lowest BCUT2D eigenvalue weighted by Gasteiger charge is -2.25. The summed E-state index contributed by atoms with van der Waals surface area (Å²) >= 11 is 6.07. The van der Waals surface area contributed by atoms with E-state index in [9.17, 15) is 5.11 Å². The quantitative estimate of drug-likeness (QED) is 0.402. The normalized spacial score (nSPS) is 12.2. The number of aliphatic hydroxyl groups is 1. The van der Waals surface area contributed by atoms with Crippen LogP contribution in [0.1, 0.15) is 30.2 Å². The van der Waals surface area contributed by atoms with Gasteiger partial charge in [0.25, 0.3) is 0 Å². The van der Waals surface area contributed by atoms with Crippen LogP contribution in [0.25, 0.3) is 0 Å². The molecule has 3 aromatic rings. The smallest absolute Gasteiger partial charge is 0.123 e. The Morgan fingerprint density at radius 2 is 1.90 bits per heavy atom. The zero-order valence-corrected chi connectivity index (χ0v) is 18.8. The van der Waals surface area contributed by atoms with Crippen molar-refractivity contribution in [2.75, 3.05) is 19.8 Å². The van der Waals surface area contributed by atoms with Crippen molar-refractivity contribution in [3.8, 4) is 11.5 Å². The number of nitrogens with zero attached hydrogens (tertiary/aromatic N) is 1. The highest BCUT2D eigenvalue weighted by atomic mass is 35.5. The van der Waals surface area contributed by atoms with Crippen LogP contribution < -0.4 is 9.47 Å². The van der Waals surface area contributed by atoms with Gasteiger partial charge in [-0.05, 0) is 55.3 Å². The third-order valence-corrected chi connectivity index (χ3v) is 5.25. The monoisotopic (exact) mass is 443 g/mol. The fourth-order valence-corrected chi connectivity index (χ4v) is 3.40. The van der Waals surface area contributed by atoms with Crippen molar-refractivity contribution < 1.29 is 19.0 Å². The van der Waals surface area contributed by atoms with Crippen LogP contribution in [0.5, 0.6) is 11.5 Å². The molecule has 0 fully saturated rings. The first-order valence-corrected chi connectivity index (χ1v) is 11.0. The number of hydrogen-bond donors (Lipinski definition) is 1. The minimum Gasteiger partial charge on any atom is -0.493 e. The van der Waals surface area contributed by atoms with E-state index in [-0.39, 0.29) is 6.61 Å². The molecule has 0 bridgehead atoms. The summed E-state index contributed by atoms with van der Waals surface area (Å²) in [7, 11) is 0. The fraction of sp³-hybridized carbons (Fsp3) is 0.360. The number of halogens is 1. The van der Waals surface area contributed by atoms with Gasteiger partial charge in [-0.1, -0.05) is 36.7 Å². The van der Waals surface area contributed by atoms with Gasteiger partial charge < -0.3 is 19.0 Å². The Morgan fingerprint density at radius 3 is 2.65 bits per heavy atom. The third kappa shape index (κ3) is 7.31. The van der Waals surface area contributed by atoms with Gasteiger partial charge in [0, 0.05) is 23.7 Å². The number of rotatable bonds is 12. The molecule has 0 saturated heterocycles. The summed E-state index contributed by atoms with van der Waals surface area (Å²) in [5, 5.41) is 11.4. The van der Waals surface area contributed by atoms with Gasteiger partial charge >= 0.3 is 0 Å². The van der Waals surface area contributed by atoms with Crippen LogP contribution in [0.3, 0.4) is 0 Å². The van der Waals surface area contributed by atoms with Crippen molar-refractivity contribution in [2.24, 2.45) is 0 Å². The Hall–Kier alpha value is -2.47. The first-order valence-electron chi connectivity index (χ1n) is 10.6. The van der Waals surface area contributed by atoms with Crippen LogP contribution in [-0.2, 0) is 13.1 Å². The van der Waals surface area contributed by atoms with E-state index >= 15 is 0 Å². The molecule has 3 rings (SSSR count). The molecule has 6 heteroatoms. The highest BCUT2D eigenvalue weighted by molar-refractivity contribution is 6.31. The van der Waals surface area contributed by atoms with Crippen LogP contribution in [0.2, 0.25) is 5.02 Å². The van der Waals surface area contributed by atoms with E-state index in [1.54, 1.807) is 12.3 Å². The summed E-state index contributed by atoms with van der Waals surface area (Å²) in [6.45, 7) is 6.49. The number of hydrogen-bond acceptors (Lipinski definition) is 5. The summed E-state index contributed by atoms with van der Waals surface area (Å²) in [6, 6.07) is 17.3. The Bertz CT molecular complexity index is 929.